The van der Waals surface area contributed by atoms with Crippen molar-refractivity contribution in [2.24, 2.45) is 7.05 Å². The highest BCUT2D eigenvalue weighted by molar-refractivity contribution is 5.72. The van der Waals surface area contributed by atoms with Crippen LogP contribution in [-0.2, 0) is 7.05 Å². The van der Waals surface area contributed by atoms with Crippen LogP contribution in [0.25, 0.3) is 11.3 Å². The molecule has 1 aromatic carbocycles. The first-order valence-electron chi connectivity index (χ1n) is 5.79. The van der Waals surface area contributed by atoms with E-state index in [9.17, 15) is 0 Å². The van der Waals surface area contributed by atoms with Crippen molar-refractivity contribution >= 4 is 5.69 Å². The van der Waals surface area contributed by atoms with Gasteiger partial charge >= 0.3 is 0 Å². The van der Waals surface area contributed by atoms with Crippen molar-refractivity contribution in [1.29, 1.82) is 0 Å². The van der Waals surface area contributed by atoms with Gasteiger partial charge in [0.2, 0.25) is 0 Å². The second kappa shape index (κ2) is 3.91. The van der Waals surface area contributed by atoms with Crippen molar-refractivity contribution in [1.82, 2.24) is 9.78 Å². The van der Waals surface area contributed by atoms with Gasteiger partial charge in [0, 0.05) is 24.0 Å². The Balaban J connectivity index is 2.68. The maximum absolute atomic E-state index is 5.99. The molecular formula is C14H19N3. The average Bonchev–Trinajstić information content (AvgIpc) is 2.51. The summed E-state index contributed by atoms with van der Waals surface area (Å²) in [6.45, 7) is 8.32. The smallest absolute Gasteiger partial charge is 0.0958 e. The number of hydrogen-bond acceptors (Lipinski definition) is 2. The number of aromatic nitrogens is 2. The minimum Gasteiger partial charge on any atom is -0.398 e. The third-order valence-corrected chi connectivity index (χ3v) is 3.50. The van der Waals surface area contributed by atoms with Gasteiger partial charge in [-0.3, -0.25) is 4.68 Å². The Kier molecular flexibility index (Phi) is 2.69. The van der Waals surface area contributed by atoms with Gasteiger partial charge in [0.15, 0.2) is 0 Å². The Hall–Kier alpha value is -1.77. The van der Waals surface area contributed by atoms with E-state index < -0.39 is 0 Å². The molecule has 0 spiro atoms. The molecule has 3 heteroatoms. The lowest BCUT2D eigenvalue weighted by Crippen LogP contribution is -1.95. The molecule has 1 heterocycles. The van der Waals surface area contributed by atoms with Crippen molar-refractivity contribution in [3.63, 3.8) is 0 Å². The van der Waals surface area contributed by atoms with Gasteiger partial charge in [-0.05, 0) is 50.5 Å². The van der Waals surface area contributed by atoms with Crippen LogP contribution in [0.15, 0.2) is 12.1 Å². The van der Waals surface area contributed by atoms with Crippen LogP contribution in [0.2, 0.25) is 0 Å². The molecule has 0 unspecified atom stereocenters. The van der Waals surface area contributed by atoms with Crippen LogP contribution in [0.5, 0.6) is 0 Å². The van der Waals surface area contributed by atoms with Crippen LogP contribution in [-0.4, -0.2) is 9.78 Å². The first kappa shape index (κ1) is 11.7. The van der Waals surface area contributed by atoms with Crippen LogP contribution in [0, 0.1) is 27.7 Å². The van der Waals surface area contributed by atoms with Crippen LogP contribution < -0.4 is 5.73 Å². The van der Waals surface area contributed by atoms with E-state index in [0.717, 1.165) is 22.5 Å². The zero-order valence-electron chi connectivity index (χ0n) is 11.1. The van der Waals surface area contributed by atoms with Gasteiger partial charge in [-0.15, -0.1) is 0 Å². The summed E-state index contributed by atoms with van der Waals surface area (Å²) in [6, 6.07) is 4.15. The minimum atomic E-state index is 0.827. The zero-order chi connectivity index (χ0) is 12.7. The standard InChI is InChI=1S/C14H19N3/c1-8-6-9(2)13(15)7-12(8)14-10(3)11(4)17(5)16-14/h6-7H,15H2,1-5H3. The molecule has 2 rings (SSSR count). The fourth-order valence-electron chi connectivity index (χ4n) is 2.09. The second-order valence-corrected chi connectivity index (χ2v) is 4.71. The first-order valence-corrected chi connectivity index (χ1v) is 5.79. The largest absolute Gasteiger partial charge is 0.398 e. The summed E-state index contributed by atoms with van der Waals surface area (Å²) >= 11 is 0. The van der Waals surface area contributed by atoms with E-state index in [1.807, 2.05) is 24.7 Å². The van der Waals surface area contributed by atoms with Crippen molar-refractivity contribution in [3.05, 3.63) is 34.5 Å². The highest BCUT2D eigenvalue weighted by Crippen LogP contribution is 2.30. The fourth-order valence-corrected chi connectivity index (χ4v) is 2.09. The fraction of sp³-hybridized carbons (Fsp3) is 0.357. The third kappa shape index (κ3) is 1.82. The molecule has 0 fully saturated rings. The highest BCUT2D eigenvalue weighted by atomic mass is 15.3. The number of rotatable bonds is 1. The second-order valence-electron chi connectivity index (χ2n) is 4.71. The quantitative estimate of drug-likeness (QED) is 0.764. The molecule has 2 N–H and O–H groups in total. The van der Waals surface area contributed by atoms with Gasteiger partial charge in [0.05, 0.1) is 5.69 Å². The number of hydrogen-bond donors (Lipinski definition) is 1. The third-order valence-electron chi connectivity index (χ3n) is 3.50. The Morgan fingerprint density at radius 1 is 1.06 bits per heavy atom. The lowest BCUT2D eigenvalue weighted by Gasteiger charge is -2.08. The van der Waals surface area contributed by atoms with E-state index in [-0.39, 0.29) is 0 Å². The van der Waals surface area contributed by atoms with Crippen LogP contribution >= 0.6 is 0 Å². The Morgan fingerprint density at radius 3 is 2.24 bits per heavy atom. The van der Waals surface area contributed by atoms with Crippen LogP contribution in [0.3, 0.4) is 0 Å². The van der Waals surface area contributed by atoms with Gasteiger partial charge < -0.3 is 5.73 Å². The molecule has 0 radical (unpaired) electrons. The zero-order valence-corrected chi connectivity index (χ0v) is 11.1. The normalized spacial score (nSPS) is 10.9. The summed E-state index contributed by atoms with van der Waals surface area (Å²) in [5.74, 6) is 0. The SMILES string of the molecule is Cc1cc(C)c(-c2nn(C)c(C)c2C)cc1N. The number of aryl methyl sites for hydroxylation is 3. The Labute approximate surface area is 102 Å². The molecule has 0 bridgehead atoms. The molecule has 0 amide bonds. The average molecular weight is 229 g/mol. The first-order chi connectivity index (χ1) is 7.91. The van der Waals surface area contributed by atoms with Crippen molar-refractivity contribution in [3.8, 4) is 11.3 Å². The maximum Gasteiger partial charge on any atom is 0.0958 e. The molecule has 1 aromatic heterocycles. The Bertz CT molecular complexity index is 580. The van der Waals surface area contributed by atoms with Crippen molar-refractivity contribution in [2.45, 2.75) is 27.7 Å². The van der Waals surface area contributed by atoms with Gasteiger partial charge in [0.25, 0.3) is 0 Å². The van der Waals surface area contributed by atoms with Crippen molar-refractivity contribution in [2.75, 3.05) is 5.73 Å². The van der Waals surface area contributed by atoms with E-state index in [1.54, 1.807) is 0 Å². The lowest BCUT2D eigenvalue weighted by atomic mass is 9.99. The molecule has 0 aliphatic heterocycles. The summed E-state index contributed by atoms with van der Waals surface area (Å²) in [6.07, 6.45) is 0. The van der Waals surface area contributed by atoms with E-state index >= 15 is 0 Å². The van der Waals surface area contributed by atoms with Crippen molar-refractivity contribution < 1.29 is 0 Å². The maximum atomic E-state index is 5.99. The molecule has 0 aliphatic rings. The van der Waals surface area contributed by atoms with Gasteiger partial charge in [0.1, 0.15) is 0 Å². The number of nitrogen functional groups attached to an aromatic ring is 1. The van der Waals surface area contributed by atoms with E-state index in [2.05, 4.69) is 31.9 Å². The summed E-state index contributed by atoms with van der Waals surface area (Å²) in [5.41, 5.74) is 13.7. The highest BCUT2D eigenvalue weighted by Gasteiger charge is 2.13. The van der Waals surface area contributed by atoms with Gasteiger partial charge in [-0.25, -0.2) is 0 Å². The summed E-state index contributed by atoms with van der Waals surface area (Å²) < 4.78 is 1.92. The molecule has 2 aromatic rings. The number of nitrogens with two attached hydrogens (primary N) is 1. The molecule has 17 heavy (non-hydrogen) atoms. The van der Waals surface area contributed by atoms with Gasteiger partial charge in [-0.1, -0.05) is 6.07 Å². The lowest BCUT2D eigenvalue weighted by molar-refractivity contribution is 0.741. The Morgan fingerprint density at radius 2 is 1.71 bits per heavy atom. The van der Waals surface area contributed by atoms with E-state index in [0.29, 0.717) is 0 Å². The summed E-state index contributed by atoms with van der Waals surface area (Å²) in [7, 11) is 1.97. The molecule has 0 saturated heterocycles. The molecule has 0 saturated carbocycles. The molecule has 90 valence electrons. The molecular weight excluding hydrogens is 210 g/mol. The van der Waals surface area contributed by atoms with E-state index in [4.69, 9.17) is 5.73 Å². The topological polar surface area (TPSA) is 43.8 Å². The molecule has 0 aliphatic carbocycles. The van der Waals surface area contributed by atoms with E-state index in [1.165, 1.54) is 16.8 Å². The predicted molar refractivity (Wildman–Crippen MR) is 72.0 cm³/mol. The van der Waals surface area contributed by atoms with Gasteiger partial charge in [-0.2, -0.15) is 5.10 Å². The summed E-state index contributed by atoms with van der Waals surface area (Å²) in [5, 5.41) is 4.57. The monoisotopic (exact) mass is 229 g/mol. The summed E-state index contributed by atoms with van der Waals surface area (Å²) in [4.78, 5) is 0. The predicted octanol–water partition coefficient (Wildman–Crippen LogP) is 2.90. The molecule has 3 nitrogen and oxygen atoms in total. The number of nitrogens with zero attached hydrogens (tertiary/aromatic N) is 2. The number of benzene rings is 1. The number of anilines is 1. The minimum absolute atomic E-state index is 0.827. The van der Waals surface area contributed by atoms with Crippen LogP contribution in [0.4, 0.5) is 5.69 Å². The van der Waals surface area contributed by atoms with Crippen LogP contribution in [0.1, 0.15) is 22.4 Å². The molecule has 0 atom stereocenters.